The average Bonchev–Trinajstić information content (AvgIpc) is 2.50. The second kappa shape index (κ2) is 10.1. The summed E-state index contributed by atoms with van der Waals surface area (Å²) >= 11 is 1.33. The van der Waals surface area contributed by atoms with Crippen LogP contribution in [-0.2, 0) is 33.3 Å². The predicted molar refractivity (Wildman–Crippen MR) is 87.5 cm³/mol. The molecule has 0 aromatic heterocycles. The van der Waals surface area contributed by atoms with Gasteiger partial charge in [-0.3, -0.25) is 14.4 Å². The maximum Gasteiger partial charge on any atom is 0.303 e. The van der Waals surface area contributed by atoms with E-state index in [2.05, 4.69) is 10.0 Å². The van der Waals surface area contributed by atoms with Crippen molar-refractivity contribution in [2.45, 2.75) is 57.5 Å². The Labute approximate surface area is 149 Å². The van der Waals surface area contributed by atoms with Gasteiger partial charge in [0.1, 0.15) is 11.5 Å². The highest BCUT2D eigenvalue weighted by Crippen LogP contribution is 2.34. The summed E-state index contributed by atoms with van der Waals surface area (Å²) in [5.41, 5.74) is 7.87. The van der Waals surface area contributed by atoms with E-state index in [0.717, 1.165) is 0 Å². The molecule has 0 N–H and O–H groups in total. The fourth-order valence-electron chi connectivity index (χ4n) is 2.42. The first kappa shape index (κ1) is 21.1. The number of nitrogens with zero attached hydrogens (tertiary/aromatic N) is 3. The minimum Gasteiger partial charge on any atom is -0.456 e. The molecule has 10 nitrogen and oxygen atoms in total. The van der Waals surface area contributed by atoms with Crippen LogP contribution in [0.3, 0.4) is 0 Å². The Bertz CT molecular complexity index is 553. The molecule has 0 amide bonds. The molecule has 1 aliphatic rings. The van der Waals surface area contributed by atoms with Crippen molar-refractivity contribution in [1.29, 1.82) is 0 Å². The molecule has 11 heteroatoms. The number of ether oxygens (including phenoxy) is 4. The van der Waals surface area contributed by atoms with Crippen molar-refractivity contribution in [2.24, 2.45) is 5.11 Å². The van der Waals surface area contributed by atoms with Crippen LogP contribution in [0, 0.1) is 0 Å². The molecule has 0 spiro atoms. The van der Waals surface area contributed by atoms with Crippen molar-refractivity contribution >= 4 is 29.7 Å². The van der Waals surface area contributed by atoms with Crippen LogP contribution in [0.5, 0.6) is 0 Å². The minimum absolute atomic E-state index is 0.139. The SMILES string of the molecule is CCS[C@@H]1OC(CN=[N+]=[N-])[C@@H](OC(C)=O)C(OC(C)=O)C1OC(C)=O. The third kappa shape index (κ3) is 6.45. The molecule has 0 aliphatic carbocycles. The maximum atomic E-state index is 11.5. The molecule has 140 valence electrons. The van der Waals surface area contributed by atoms with Crippen LogP contribution in [0.25, 0.3) is 10.4 Å². The monoisotopic (exact) mass is 375 g/mol. The summed E-state index contributed by atoms with van der Waals surface area (Å²) in [7, 11) is 0. The van der Waals surface area contributed by atoms with Crippen LogP contribution in [0.15, 0.2) is 5.11 Å². The van der Waals surface area contributed by atoms with Crippen LogP contribution in [-0.4, -0.2) is 60.1 Å². The van der Waals surface area contributed by atoms with E-state index in [4.69, 9.17) is 24.5 Å². The number of thioether (sulfide) groups is 1. The normalized spacial score (nSPS) is 28.4. The lowest BCUT2D eigenvalue weighted by Gasteiger charge is -2.44. The van der Waals surface area contributed by atoms with Gasteiger partial charge in [0.15, 0.2) is 18.3 Å². The van der Waals surface area contributed by atoms with Crippen LogP contribution in [0.2, 0.25) is 0 Å². The first-order valence-corrected chi connectivity index (χ1v) is 8.64. The highest BCUT2D eigenvalue weighted by atomic mass is 32.2. The molecular formula is C14H21N3O7S. The van der Waals surface area contributed by atoms with Gasteiger partial charge in [-0.15, -0.1) is 11.8 Å². The Morgan fingerprint density at radius 2 is 1.56 bits per heavy atom. The van der Waals surface area contributed by atoms with Crippen molar-refractivity contribution in [3.8, 4) is 0 Å². The molecule has 1 rings (SSSR count). The summed E-state index contributed by atoms with van der Waals surface area (Å²) < 4.78 is 21.6. The van der Waals surface area contributed by atoms with Gasteiger partial charge in [0, 0.05) is 25.7 Å². The number of hydrogen-bond acceptors (Lipinski definition) is 9. The van der Waals surface area contributed by atoms with Crippen molar-refractivity contribution in [3.63, 3.8) is 0 Å². The van der Waals surface area contributed by atoms with Crippen LogP contribution >= 0.6 is 11.8 Å². The molecule has 0 aromatic carbocycles. The molecule has 1 saturated heterocycles. The molecule has 0 saturated carbocycles. The van der Waals surface area contributed by atoms with Crippen molar-refractivity contribution < 1.29 is 33.3 Å². The van der Waals surface area contributed by atoms with Gasteiger partial charge < -0.3 is 18.9 Å². The predicted octanol–water partition coefficient (Wildman–Crippen LogP) is 1.57. The molecule has 0 aromatic rings. The molecule has 1 fully saturated rings. The van der Waals surface area contributed by atoms with E-state index < -0.39 is 47.8 Å². The van der Waals surface area contributed by atoms with Crippen molar-refractivity contribution in [2.75, 3.05) is 12.3 Å². The van der Waals surface area contributed by atoms with E-state index in [-0.39, 0.29) is 6.54 Å². The Kier molecular flexibility index (Phi) is 8.53. The van der Waals surface area contributed by atoms with E-state index in [1.165, 1.54) is 32.5 Å². The quantitative estimate of drug-likeness (QED) is 0.215. The molecular weight excluding hydrogens is 354 g/mol. The summed E-state index contributed by atoms with van der Waals surface area (Å²) in [6, 6.07) is 0. The summed E-state index contributed by atoms with van der Waals surface area (Å²) in [6.45, 7) is 5.32. The molecule has 5 atom stereocenters. The third-order valence-electron chi connectivity index (χ3n) is 3.15. The van der Waals surface area contributed by atoms with Gasteiger partial charge in [-0.2, -0.15) is 0 Å². The maximum absolute atomic E-state index is 11.5. The summed E-state index contributed by atoms with van der Waals surface area (Å²) in [5, 5.41) is 3.45. The van der Waals surface area contributed by atoms with Gasteiger partial charge in [0.25, 0.3) is 0 Å². The summed E-state index contributed by atoms with van der Waals surface area (Å²) in [5.74, 6) is -1.24. The zero-order valence-corrected chi connectivity index (χ0v) is 15.2. The summed E-state index contributed by atoms with van der Waals surface area (Å²) in [6.07, 6.45) is -3.98. The lowest BCUT2D eigenvalue weighted by molar-refractivity contribution is -0.230. The molecule has 1 aliphatic heterocycles. The fourth-order valence-corrected chi connectivity index (χ4v) is 3.37. The van der Waals surface area contributed by atoms with Gasteiger partial charge in [-0.25, -0.2) is 0 Å². The first-order chi connectivity index (χ1) is 11.8. The van der Waals surface area contributed by atoms with E-state index in [1.807, 2.05) is 6.92 Å². The zero-order chi connectivity index (χ0) is 19.0. The largest absolute Gasteiger partial charge is 0.456 e. The van der Waals surface area contributed by atoms with E-state index >= 15 is 0 Å². The molecule has 3 unspecified atom stereocenters. The summed E-state index contributed by atoms with van der Waals surface area (Å²) in [4.78, 5) is 37.1. The highest BCUT2D eigenvalue weighted by Gasteiger charge is 2.51. The van der Waals surface area contributed by atoms with Gasteiger partial charge in [-0.1, -0.05) is 12.0 Å². The Morgan fingerprint density at radius 3 is 2.04 bits per heavy atom. The molecule has 0 radical (unpaired) electrons. The van der Waals surface area contributed by atoms with Crippen molar-refractivity contribution in [1.82, 2.24) is 0 Å². The zero-order valence-electron chi connectivity index (χ0n) is 14.4. The van der Waals surface area contributed by atoms with Crippen molar-refractivity contribution in [3.05, 3.63) is 10.4 Å². The number of hydrogen-bond donors (Lipinski definition) is 0. The highest BCUT2D eigenvalue weighted by molar-refractivity contribution is 7.99. The first-order valence-electron chi connectivity index (χ1n) is 7.59. The van der Waals surface area contributed by atoms with Gasteiger partial charge >= 0.3 is 17.9 Å². The van der Waals surface area contributed by atoms with Gasteiger partial charge in [-0.05, 0) is 11.3 Å². The second-order valence-corrected chi connectivity index (χ2v) is 6.51. The number of rotatable bonds is 7. The fraction of sp³-hybridized carbons (Fsp3) is 0.786. The van der Waals surface area contributed by atoms with E-state index in [1.54, 1.807) is 0 Å². The smallest absolute Gasteiger partial charge is 0.303 e. The molecule has 1 heterocycles. The van der Waals surface area contributed by atoms with Gasteiger partial charge in [0.05, 0.1) is 6.54 Å². The molecule has 0 bridgehead atoms. The van der Waals surface area contributed by atoms with Crippen LogP contribution in [0.4, 0.5) is 0 Å². The Morgan fingerprint density at radius 1 is 1.04 bits per heavy atom. The van der Waals surface area contributed by atoms with Gasteiger partial charge in [0.2, 0.25) is 0 Å². The van der Waals surface area contributed by atoms with E-state index in [0.29, 0.717) is 5.75 Å². The van der Waals surface area contributed by atoms with Crippen LogP contribution in [0.1, 0.15) is 27.7 Å². The number of azide groups is 1. The second-order valence-electron chi connectivity index (χ2n) is 5.13. The number of carbonyl (C=O) groups is 3. The standard InChI is InChI=1S/C14H21N3O7S/c1-5-25-14-13(23-9(4)20)12(22-8(3)19)11(21-7(2)18)10(24-14)6-16-17-15/h10-14H,5-6H2,1-4H3/t10?,11-,12?,13?,14+/m1/s1. The lowest BCUT2D eigenvalue weighted by Crippen LogP contribution is -2.61. The molecule has 25 heavy (non-hydrogen) atoms. The van der Waals surface area contributed by atoms with Crippen LogP contribution < -0.4 is 0 Å². The number of esters is 3. The Hall–Kier alpha value is -1.97. The number of carbonyl (C=O) groups excluding carboxylic acids is 3. The third-order valence-corrected chi connectivity index (χ3v) is 4.19. The topological polar surface area (TPSA) is 137 Å². The Balaban J connectivity index is 3.25. The van der Waals surface area contributed by atoms with E-state index in [9.17, 15) is 14.4 Å². The minimum atomic E-state index is -1.08. The lowest BCUT2D eigenvalue weighted by atomic mass is 9.99. The average molecular weight is 375 g/mol.